The van der Waals surface area contributed by atoms with Crippen molar-refractivity contribution in [1.29, 1.82) is 0 Å². The summed E-state index contributed by atoms with van der Waals surface area (Å²) in [6.45, 7) is 3.67. The molecule has 0 unspecified atom stereocenters. The van der Waals surface area contributed by atoms with E-state index in [2.05, 4.69) is 20.0 Å². The lowest BCUT2D eigenvalue weighted by molar-refractivity contribution is 0.521. The number of rotatable bonds is 6. The predicted molar refractivity (Wildman–Crippen MR) is 114 cm³/mol. The van der Waals surface area contributed by atoms with Crippen LogP contribution in [0.3, 0.4) is 0 Å². The monoisotopic (exact) mass is 426 g/mol. The molecule has 148 valence electrons. The standard InChI is InChI=1S/C20H18N4O3S2/c1-13-12-28-20(21-13)23-16-4-3-5-17(10-16)24-29(25,26)18-8-6-15(7-9-18)19-11-27-14(2)22-19/h3-12,24H,1-2H3,(H,21,23). The average molecular weight is 427 g/mol. The lowest BCUT2D eigenvalue weighted by atomic mass is 10.2. The van der Waals surface area contributed by atoms with Gasteiger partial charge in [0, 0.05) is 23.6 Å². The van der Waals surface area contributed by atoms with Crippen LogP contribution >= 0.6 is 11.3 Å². The van der Waals surface area contributed by atoms with Crippen molar-refractivity contribution in [3.05, 3.63) is 71.8 Å². The van der Waals surface area contributed by atoms with Gasteiger partial charge in [-0.25, -0.2) is 18.4 Å². The molecule has 29 heavy (non-hydrogen) atoms. The molecule has 2 N–H and O–H groups in total. The fourth-order valence-corrected chi connectivity index (χ4v) is 4.47. The van der Waals surface area contributed by atoms with Crippen LogP contribution in [0.2, 0.25) is 0 Å². The summed E-state index contributed by atoms with van der Waals surface area (Å²) in [4.78, 5) is 8.75. The molecule has 0 fully saturated rings. The summed E-state index contributed by atoms with van der Waals surface area (Å²) < 4.78 is 33.3. The number of anilines is 3. The Labute approximate surface area is 172 Å². The Kier molecular flexibility index (Phi) is 5.08. The zero-order valence-corrected chi connectivity index (χ0v) is 17.3. The molecule has 0 saturated heterocycles. The summed E-state index contributed by atoms with van der Waals surface area (Å²) >= 11 is 1.49. The molecule has 2 heterocycles. The van der Waals surface area contributed by atoms with Crippen molar-refractivity contribution < 1.29 is 12.8 Å². The SMILES string of the molecule is Cc1csc(Nc2cccc(NS(=O)(=O)c3ccc(-c4coc(C)n4)cc3)c2)n1. The molecule has 0 bridgehead atoms. The van der Waals surface area contributed by atoms with Crippen molar-refractivity contribution in [3.63, 3.8) is 0 Å². The van der Waals surface area contributed by atoms with Crippen LogP contribution in [0.5, 0.6) is 0 Å². The van der Waals surface area contributed by atoms with Crippen LogP contribution in [0.15, 0.2) is 69.5 Å². The third kappa shape index (κ3) is 4.47. The largest absolute Gasteiger partial charge is 0.449 e. The number of nitrogens with one attached hydrogen (secondary N) is 2. The van der Waals surface area contributed by atoms with Crippen LogP contribution in [-0.4, -0.2) is 18.4 Å². The minimum absolute atomic E-state index is 0.162. The highest BCUT2D eigenvalue weighted by Gasteiger charge is 2.15. The number of sulfonamides is 1. The molecule has 2 aromatic heterocycles. The third-order valence-corrected chi connectivity index (χ3v) is 6.34. The van der Waals surface area contributed by atoms with Crippen molar-refractivity contribution in [3.8, 4) is 11.3 Å². The zero-order valence-electron chi connectivity index (χ0n) is 15.7. The van der Waals surface area contributed by atoms with Crippen LogP contribution < -0.4 is 10.0 Å². The Morgan fingerprint density at radius 1 is 1.00 bits per heavy atom. The highest BCUT2D eigenvalue weighted by atomic mass is 32.2. The first-order chi connectivity index (χ1) is 13.9. The number of hydrogen-bond acceptors (Lipinski definition) is 7. The zero-order chi connectivity index (χ0) is 20.4. The molecule has 9 heteroatoms. The van der Waals surface area contributed by atoms with Crippen LogP contribution in [-0.2, 0) is 10.0 Å². The number of aromatic nitrogens is 2. The number of thiazole rings is 1. The fourth-order valence-electron chi connectivity index (χ4n) is 2.71. The minimum atomic E-state index is -3.73. The number of aryl methyl sites for hydroxylation is 2. The van der Waals surface area contributed by atoms with Gasteiger partial charge in [-0.1, -0.05) is 18.2 Å². The Morgan fingerprint density at radius 3 is 2.41 bits per heavy atom. The summed E-state index contributed by atoms with van der Waals surface area (Å²) in [5, 5.41) is 5.87. The maximum atomic E-state index is 12.8. The van der Waals surface area contributed by atoms with Crippen molar-refractivity contribution in [2.24, 2.45) is 0 Å². The molecular weight excluding hydrogens is 408 g/mol. The van der Waals surface area contributed by atoms with Crippen LogP contribution in [0, 0.1) is 13.8 Å². The molecule has 0 spiro atoms. The quantitative estimate of drug-likeness (QED) is 0.452. The van der Waals surface area contributed by atoms with E-state index in [1.807, 2.05) is 18.4 Å². The maximum absolute atomic E-state index is 12.8. The van der Waals surface area contributed by atoms with Gasteiger partial charge in [-0.15, -0.1) is 11.3 Å². The molecule has 0 atom stereocenters. The lowest BCUT2D eigenvalue weighted by Gasteiger charge is -2.10. The normalized spacial score (nSPS) is 11.4. The number of nitrogens with zero attached hydrogens (tertiary/aromatic N) is 2. The van der Waals surface area contributed by atoms with Gasteiger partial charge in [-0.2, -0.15) is 0 Å². The molecule has 0 amide bonds. The second kappa shape index (κ2) is 7.69. The third-order valence-electron chi connectivity index (χ3n) is 4.06. The number of benzene rings is 2. The van der Waals surface area contributed by atoms with Gasteiger partial charge < -0.3 is 9.73 Å². The van der Waals surface area contributed by atoms with Crippen molar-refractivity contribution in [1.82, 2.24) is 9.97 Å². The van der Waals surface area contributed by atoms with Crippen LogP contribution in [0.4, 0.5) is 16.5 Å². The summed E-state index contributed by atoms with van der Waals surface area (Å²) in [6.07, 6.45) is 1.54. The van der Waals surface area contributed by atoms with Crippen molar-refractivity contribution in [2.75, 3.05) is 10.0 Å². The average Bonchev–Trinajstić information content (AvgIpc) is 3.30. The van der Waals surface area contributed by atoms with Crippen LogP contribution in [0.25, 0.3) is 11.3 Å². The summed E-state index contributed by atoms with van der Waals surface area (Å²) in [7, 11) is -3.73. The molecule has 4 aromatic rings. The smallest absolute Gasteiger partial charge is 0.261 e. The molecule has 7 nitrogen and oxygen atoms in total. The first-order valence-corrected chi connectivity index (χ1v) is 11.1. The van der Waals surface area contributed by atoms with Gasteiger partial charge in [0.1, 0.15) is 12.0 Å². The number of oxazole rings is 1. The van der Waals surface area contributed by atoms with Gasteiger partial charge in [0.05, 0.1) is 16.3 Å². The van der Waals surface area contributed by atoms with Gasteiger partial charge >= 0.3 is 0 Å². The van der Waals surface area contributed by atoms with E-state index in [4.69, 9.17) is 4.42 Å². The van der Waals surface area contributed by atoms with E-state index in [0.717, 1.165) is 22.1 Å². The van der Waals surface area contributed by atoms with E-state index < -0.39 is 10.0 Å². The second-order valence-electron chi connectivity index (χ2n) is 6.38. The molecule has 0 aliphatic carbocycles. The van der Waals surface area contributed by atoms with Gasteiger partial charge in [-0.05, 0) is 37.3 Å². The molecule has 0 aliphatic rings. The topological polar surface area (TPSA) is 97.1 Å². The Morgan fingerprint density at radius 2 is 1.76 bits per heavy atom. The van der Waals surface area contributed by atoms with E-state index in [9.17, 15) is 8.42 Å². The van der Waals surface area contributed by atoms with Gasteiger partial charge in [0.2, 0.25) is 0 Å². The van der Waals surface area contributed by atoms with Crippen molar-refractivity contribution in [2.45, 2.75) is 18.7 Å². The molecule has 0 aliphatic heterocycles. The van der Waals surface area contributed by atoms with E-state index >= 15 is 0 Å². The first-order valence-electron chi connectivity index (χ1n) is 8.74. The van der Waals surface area contributed by atoms with Gasteiger partial charge in [0.15, 0.2) is 11.0 Å². The predicted octanol–water partition coefficient (Wildman–Crippen LogP) is 4.96. The Balaban J connectivity index is 1.51. The fraction of sp³-hybridized carbons (Fsp3) is 0.100. The minimum Gasteiger partial charge on any atom is -0.449 e. The van der Waals surface area contributed by atoms with E-state index in [1.54, 1.807) is 55.7 Å². The Hall–Kier alpha value is -3.17. The highest BCUT2D eigenvalue weighted by molar-refractivity contribution is 7.92. The summed E-state index contributed by atoms with van der Waals surface area (Å²) in [6, 6.07) is 13.5. The molecule has 4 rings (SSSR count). The van der Waals surface area contributed by atoms with Crippen LogP contribution in [0.1, 0.15) is 11.6 Å². The highest BCUT2D eigenvalue weighted by Crippen LogP contribution is 2.25. The summed E-state index contributed by atoms with van der Waals surface area (Å²) in [5.41, 5.74) is 3.58. The van der Waals surface area contributed by atoms with E-state index in [-0.39, 0.29) is 4.90 Å². The lowest BCUT2D eigenvalue weighted by Crippen LogP contribution is -2.12. The summed E-state index contributed by atoms with van der Waals surface area (Å²) in [5.74, 6) is 0.555. The Bertz CT molecular complexity index is 1240. The number of hydrogen-bond donors (Lipinski definition) is 2. The first kappa shape index (κ1) is 19.2. The van der Waals surface area contributed by atoms with Crippen molar-refractivity contribution >= 4 is 37.9 Å². The van der Waals surface area contributed by atoms with E-state index in [0.29, 0.717) is 17.3 Å². The molecular formula is C20H18N4O3S2. The molecule has 0 saturated carbocycles. The van der Waals surface area contributed by atoms with E-state index in [1.165, 1.54) is 11.3 Å². The maximum Gasteiger partial charge on any atom is 0.261 e. The van der Waals surface area contributed by atoms with Gasteiger partial charge in [-0.3, -0.25) is 4.72 Å². The van der Waals surface area contributed by atoms with Gasteiger partial charge in [0.25, 0.3) is 10.0 Å². The molecule has 0 radical (unpaired) electrons. The molecule has 2 aromatic carbocycles. The second-order valence-corrected chi connectivity index (χ2v) is 8.92.